The molecule has 0 saturated carbocycles. The molecule has 1 atom stereocenters. The van der Waals surface area contributed by atoms with Gasteiger partial charge < -0.3 is 23.6 Å². The molecule has 1 saturated heterocycles. The topological polar surface area (TPSA) is 93.1 Å². The summed E-state index contributed by atoms with van der Waals surface area (Å²) in [6, 6.07) is 12.6. The number of likely N-dealkylation sites (tertiary alicyclic amines) is 1. The third-order valence-electron chi connectivity index (χ3n) is 4.74. The molecule has 0 aliphatic carbocycles. The van der Waals surface area contributed by atoms with Crippen LogP contribution in [0.2, 0.25) is 0 Å². The van der Waals surface area contributed by atoms with Gasteiger partial charge in [-0.15, -0.1) is 0 Å². The van der Waals surface area contributed by atoms with Crippen LogP contribution in [-0.2, 0) is 16.1 Å². The lowest BCUT2D eigenvalue weighted by molar-refractivity contribution is -0.140. The molecular weight excluding hydrogens is 386 g/mol. The first kappa shape index (κ1) is 19.6. The third-order valence-corrected chi connectivity index (χ3v) is 4.74. The number of ketones is 1. The average molecular weight is 407 g/mol. The van der Waals surface area contributed by atoms with Crippen LogP contribution < -0.4 is 4.74 Å². The van der Waals surface area contributed by atoms with E-state index in [1.54, 1.807) is 48.5 Å². The fraction of sp³-hybridized carbons (Fsp3) is 0.217. The Kier molecular flexibility index (Phi) is 5.18. The fourth-order valence-electron chi connectivity index (χ4n) is 3.50. The van der Waals surface area contributed by atoms with Gasteiger partial charge in [0.05, 0.1) is 30.7 Å². The number of ether oxygens (including phenoxy) is 1. The zero-order chi connectivity index (χ0) is 21.3. The van der Waals surface area contributed by atoms with E-state index < -0.39 is 17.7 Å². The maximum Gasteiger partial charge on any atom is 0.296 e. The Balaban J connectivity index is 1.80. The molecule has 1 aromatic carbocycles. The van der Waals surface area contributed by atoms with Gasteiger partial charge in [0.2, 0.25) is 0 Å². The Hall–Kier alpha value is -3.74. The number of hydrogen-bond acceptors (Lipinski definition) is 6. The van der Waals surface area contributed by atoms with Gasteiger partial charge in [0.25, 0.3) is 11.7 Å². The number of nitrogens with zero attached hydrogens (tertiary/aromatic N) is 1. The van der Waals surface area contributed by atoms with Gasteiger partial charge in [-0.2, -0.15) is 0 Å². The Morgan fingerprint density at radius 3 is 2.53 bits per heavy atom. The summed E-state index contributed by atoms with van der Waals surface area (Å²) in [7, 11) is 0. The molecule has 1 N–H and O–H groups in total. The van der Waals surface area contributed by atoms with E-state index in [9.17, 15) is 14.7 Å². The van der Waals surface area contributed by atoms with E-state index in [2.05, 4.69) is 0 Å². The van der Waals surface area contributed by atoms with Gasteiger partial charge in [0, 0.05) is 5.56 Å². The molecule has 0 bridgehead atoms. The van der Waals surface area contributed by atoms with E-state index in [4.69, 9.17) is 13.6 Å². The summed E-state index contributed by atoms with van der Waals surface area (Å²) in [6.07, 6.45) is 2.90. The summed E-state index contributed by atoms with van der Waals surface area (Å²) in [6.45, 7) is 3.85. The highest BCUT2D eigenvalue weighted by Crippen LogP contribution is 2.40. The third kappa shape index (κ3) is 3.61. The number of benzene rings is 1. The lowest BCUT2D eigenvalue weighted by Gasteiger charge is -2.22. The Labute approximate surface area is 173 Å². The van der Waals surface area contributed by atoms with Crippen molar-refractivity contribution in [3.63, 3.8) is 0 Å². The van der Waals surface area contributed by atoms with Crippen LogP contribution in [0.25, 0.3) is 5.76 Å². The largest absolute Gasteiger partial charge is 0.507 e. The minimum absolute atomic E-state index is 0.0387. The van der Waals surface area contributed by atoms with Crippen molar-refractivity contribution >= 4 is 17.4 Å². The maximum atomic E-state index is 12.9. The summed E-state index contributed by atoms with van der Waals surface area (Å²) in [5.74, 6) is -0.364. The summed E-state index contributed by atoms with van der Waals surface area (Å²) in [5, 5.41) is 11.0. The Bertz CT molecular complexity index is 1080. The predicted molar refractivity (Wildman–Crippen MR) is 107 cm³/mol. The van der Waals surface area contributed by atoms with Crippen LogP contribution in [0.5, 0.6) is 5.75 Å². The highest BCUT2D eigenvalue weighted by atomic mass is 16.5. The van der Waals surface area contributed by atoms with Crippen molar-refractivity contribution in [1.82, 2.24) is 4.90 Å². The normalized spacial score (nSPS) is 18.4. The Morgan fingerprint density at radius 2 is 1.87 bits per heavy atom. The van der Waals surface area contributed by atoms with E-state index in [-0.39, 0.29) is 24.0 Å². The van der Waals surface area contributed by atoms with Gasteiger partial charge in [-0.25, -0.2) is 0 Å². The lowest BCUT2D eigenvalue weighted by atomic mass is 9.99. The minimum atomic E-state index is -0.875. The summed E-state index contributed by atoms with van der Waals surface area (Å²) >= 11 is 0. The van der Waals surface area contributed by atoms with Crippen LogP contribution in [0, 0.1) is 0 Å². The van der Waals surface area contributed by atoms with Crippen LogP contribution in [-0.4, -0.2) is 27.8 Å². The molecule has 1 unspecified atom stereocenters. The van der Waals surface area contributed by atoms with E-state index >= 15 is 0 Å². The number of aliphatic hydroxyl groups is 1. The van der Waals surface area contributed by atoms with Gasteiger partial charge in [0.15, 0.2) is 0 Å². The molecule has 154 valence electrons. The molecule has 3 aromatic rings. The number of carbonyl (C=O) groups excluding carboxylic acids is 2. The molecule has 0 spiro atoms. The summed E-state index contributed by atoms with van der Waals surface area (Å²) < 4.78 is 16.5. The number of rotatable bonds is 6. The minimum Gasteiger partial charge on any atom is -0.507 e. The van der Waals surface area contributed by atoms with Gasteiger partial charge in [-0.05, 0) is 50.2 Å². The standard InChI is InChI=1S/C23H21NO6/c1-14(2)30-16-7-3-6-15(12-16)21(25)19-20(18-9-5-11-29-18)24(23(27)22(19)26)13-17-8-4-10-28-17/h3-12,14,20,25H,13H2,1-2H3/b21-19-. The van der Waals surface area contributed by atoms with E-state index in [0.29, 0.717) is 22.8 Å². The van der Waals surface area contributed by atoms with Gasteiger partial charge >= 0.3 is 0 Å². The van der Waals surface area contributed by atoms with Gasteiger partial charge in [-0.1, -0.05) is 12.1 Å². The number of carbonyl (C=O) groups is 2. The van der Waals surface area contributed by atoms with Crippen molar-refractivity contribution < 1.29 is 28.3 Å². The number of hydrogen-bond donors (Lipinski definition) is 1. The van der Waals surface area contributed by atoms with Crippen molar-refractivity contribution in [2.45, 2.75) is 32.5 Å². The molecule has 0 radical (unpaired) electrons. The van der Waals surface area contributed by atoms with Crippen LogP contribution >= 0.6 is 0 Å². The van der Waals surface area contributed by atoms with Crippen molar-refractivity contribution in [3.05, 3.63) is 83.7 Å². The molecule has 1 aliphatic rings. The monoisotopic (exact) mass is 407 g/mol. The van der Waals surface area contributed by atoms with Crippen LogP contribution in [0.1, 0.15) is 37.0 Å². The van der Waals surface area contributed by atoms with Crippen molar-refractivity contribution in [2.75, 3.05) is 0 Å². The molecular formula is C23H21NO6. The number of aliphatic hydroxyl groups excluding tert-OH is 1. The average Bonchev–Trinajstić information content (AvgIpc) is 3.46. The van der Waals surface area contributed by atoms with Crippen molar-refractivity contribution in [3.8, 4) is 5.75 Å². The molecule has 3 heterocycles. The first-order valence-corrected chi connectivity index (χ1v) is 9.57. The first-order chi connectivity index (χ1) is 14.5. The van der Waals surface area contributed by atoms with E-state index in [1.807, 2.05) is 13.8 Å². The smallest absolute Gasteiger partial charge is 0.296 e. The van der Waals surface area contributed by atoms with Gasteiger partial charge in [-0.3, -0.25) is 9.59 Å². The molecule has 7 nitrogen and oxygen atoms in total. The second-order valence-corrected chi connectivity index (χ2v) is 7.22. The molecule has 2 aromatic heterocycles. The quantitative estimate of drug-likeness (QED) is 0.372. The number of furan rings is 2. The second kappa shape index (κ2) is 7.94. The van der Waals surface area contributed by atoms with Gasteiger partial charge in [0.1, 0.15) is 29.1 Å². The van der Waals surface area contributed by atoms with Crippen molar-refractivity contribution in [2.24, 2.45) is 0 Å². The predicted octanol–water partition coefficient (Wildman–Crippen LogP) is 4.28. The maximum absolute atomic E-state index is 12.9. The SMILES string of the molecule is CC(C)Oc1cccc(/C(O)=C2/C(=O)C(=O)N(Cc3ccco3)C2c2ccco2)c1. The highest BCUT2D eigenvalue weighted by molar-refractivity contribution is 6.46. The van der Waals surface area contributed by atoms with E-state index in [0.717, 1.165) is 0 Å². The molecule has 7 heteroatoms. The summed E-state index contributed by atoms with van der Waals surface area (Å²) in [4.78, 5) is 27.1. The number of amides is 1. The van der Waals surface area contributed by atoms with Crippen molar-refractivity contribution in [1.29, 1.82) is 0 Å². The molecule has 1 amide bonds. The first-order valence-electron chi connectivity index (χ1n) is 9.57. The Morgan fingerprint density at radius 1 is 1.10 bits per heavy atom. The molecule has 1 fully saturated rings. The zero-order valence-electron chi connectivity index (χ0n) is 16.6. The van der Waals surface area contributed by atoms with E-state index in [1.165, 1.54) is 17.4 Å². The molecule has 30 heavy (non-hydrogen) atoms. The fourth-order valence-corrected chi connectivity index (χ4v) is 3.50. The lowest BCUT2D eigenvalue weighted by Crippen LogP contribution is -2.28. The zero-order valence-corrected chi connectivity index (χ0v) is 16.6. The molecule has 1 aliphatic heterocycles. The summed E-state index contributed by atoms with van der Waals surface area (Å²) in [5.41, 5.74) is 0.337. The van der Waals surface area contributed by atoms with Crippen LogP contribution in [0.15, 0.2) is 75.5 Å². The number of Topliss-reactive ketones (excluding diaryl/α,β-unsaturated/α-hetero) is 1. The highest BCUT2D eigenvalue weighted by Gasteiger charge is 2.47. The van der Waals surface area contributed by atoms with Crippen LogP contribution in [0.3, 0.4) is 0 Å². The van der Waals surface area contributed by atoms with Crippen LogP contribution in [0.4, 0.5) is 0 Å². The second-order valence-electron chi connectivity index (χ2n) is 7.22. The molecule has 4 rings (SSSR count).